The maximum absolute atomic E-state index is 12.8. The molecule has 13 heteroatoms. The summed E-state index contributed by atoms with van der Waals surface area (Å²) >= 11 is 0. The molecular formula is C42H47N9O4. The lowest BCUT2D eigenvalue weighted by Crippen LogP contribution is -2.46. The molecule has 2 aliphatic heterocycles. The highest BCUT2D eigenvalue weighted by atomic mass is 16.8. The number of fused-ring (bicyclic) bond motifs is 1. The number of ether oxygens (including phenoxy) is 3. The first-order chi connectivity index (χ1) is 26.7. The van der Waals surface area contributed by atoms with Crippen LogP contribution < -0.4 is 20.2 Å². The smallest absolute Gasteiger partial charge is 0.350 e. The number of hydrogen-bond donors (Lipinski definition) is 0. The standard InChI is InChI=1S/C42H47N9O4/c1-6-31(4)51-41(52)49(29-44-51)36-14-12-34(13-15-36)47-20-22-48(23-21-47)35-16-18-37(19-17-35)53-26-38-27-54-42(55-38,32(5)30(3)24-33(7-2)25-43)28-50-45-39-10-8-9-11-40(39)46-50/h7-19,24,29,31,38H,5-6,20-23,26-28H2,1-4H3/b30-24-,33-7+/t31?,38-,42-/m1/s1. The highest BCUT2D eigenvalue weighted by molar-refractivity contribution is 5.73. The second-order valence-corrected chi connectivity index (χ2v) is 14.0. The molecule has 284 valence electrons. The molecular weight excluding hydrogens is 695 g/mol. The van der Waals surface area contributed by atoms with Gasteiger partial charge in [0.2, 0.25) is 5.79 Å². The van der Waals surface area contributed by atoms with Crippen LogP contribution in [0, 0.1) is 11.3 Å². The SMILES string of the molecule is C=C(/C(C)=C\C(C#N)=C/C)[C@]1(Cn2nc3ccccc3n2)OC[C@@H](COc2ccc(N3CCN(c4ccc(-n5cnn(C(C)CC)c5=O)cc4)CC3)cc2)O1. The minimum atomic E-state index is -1.25. The van der Waals surface area contributed by atoms with Gasteiger partial charge in [-0.15, -0.1) is 0 Å². The lowest BCUT2D eigenvalue weighted by Gasteiger charge is -2.37. The van der Waals surface area contributed by atoms with E-state index in [4.69, 9.17) is 14.2 Å². The van der Waals surface area contributed by atoms with Crippen LogP contribution >= 0.6 is 0 Å². The van der Waals surface area contributed by atoms with E-state index in [9.17, 15) is 10.1 Å². The van der Waals surface area contributed by atoms with Crippen molar-refractivity contribution in [3.05, 3.63) is 125 Å². The molecule has 1 unspecified atom stereocenters. The van der Waals surface area contributed by atoms with Gasteiger partial charge in [-0.1, -0.05) is 31.7 Å². The first-order valence-corrected chi connectivity index (χ1v) is 18.8. The summed E-state index contributed by atoms with van der Waals surface area (Å²) in [6.45, 7) is 16.4. The van der Waals surface area contributed by atoms with Gasteiger partial charge in [0.05, 0.1) is 24.4 Å². The summed E-state index contributed by atoms with van der Waals surface area (Å²) in [4.78, 5) is 19.2. The highest BCUT2D eigenvalue weighted by Crippen LogP contribution is 2.36. The Bertz CT molecular complexity index is 2260. The molecule has 0 spiro atoms. The number of hydrogen-bond acceptors (Lipinski definition) is 10. The molecule has 2 fully saturated rings. The fourth-order valence-corrected chi connectivity index (χ4v) is 6.90. The van der Waals surface area contributed by atoms with Crippen LogP contribution in [-0.4, -0.2) is 80.6 Å². The minimum absolute atomic E-state index is 0.0586. The maximum atomic E-state index is 12.8. The molecule has 2 aromatic heterocycles. The maximum Gasteiger partial charge on any atom is 0.350 e. The summed E-state index contributed by atoms with van der Waals surface area (Å²) in [6, 6.07) is 26.2. The van der Waals surface area contributed by atoms with E-state index in [0.29, 0.717) is 11.1 Å². The van der Waals surface area contributed by atoms with Gasteiger partial charge in [-0.25, -0.2) is 14.0 Å². The Labute approximate surface area is 320 Å². The van der Waals surface area contributed by atoms with Gasteiger partial charge >= 0.3 is 5.69 Å². The first kappa shape index (κ1) is 37.3. The van der Waals surface area contributed by atoms with Crippen LogP contribution in [0.1, 0.15) is 40.2 Å². The van der Waals surface area contributed by atoms with Crippen molar-refractivity contribution < 1.29 is 14.2 Å². The number of allylic oxidation sites excluding steroid dienone is 3. The molecule has 0 amide bonds. The first-order valence-electron chi connectivity index (χ1n) is 18.8. The van der Waals surface area contributed by atoms with Gasteiger partial charge < -0.3 is 24.0 Å². The van der Waals surface area contributed by atoms with Gasteiger partial charge in [-0.3, -0.25) is 0 Å². The van der Waals surface area contributed by atoms with Gasteiger partial charge in [0.25, 0.3) is 0 Å². The van der Waals surface area contributed by atoms with Crippen molar-refractivity contribution in [2.45, 2.75) is 58.6 Å². The molecule has 0 N–H and O–H groups in total. The van der Waals surface area contributed by atoms with Crippen LogP contribution in [0.3, 0.4) is 0 Å². The van der Waals surface area contributed by atoms with Crippen LogP contribution in [0.4, 0.5) is 11.4 Å². The van der Waals surface area contributed by atoms with E-state index in [-0.39, 0.29) is 37.6 Å². The van der Waals surface area contributed by atoms with Crippen LogP contribution in [0.25, 0.3) is 16.7 Å². The summed E-state index contributed by atoms with van der Waals surface area (Å²) < 4.78 is 22.3. The van der Waals surface area contributed by atoms with Crippen LogP contribution in [0.5, 0.6) is 5.75 Å². The minimum Gasteiger partial charge on any atom is -0.491 e. The van der Waals surface area contributed by atoms with E-state index in [2.05, 4.69) is 62.0 Å². The average Bonchev–Trinajstić information content (AvgIpc) is 3.95. The predicted molar refractivity (Wildman–Crippen MR) is 213 cm³/mol. The molecule has 2 aliphatic rings. The number of nitrogens with zero attached hydrogens (tertiary/aromatic N) is 9. The molecule has 0 saturated carbocycles. The topological polar surface area (TPSA) is 128 Å². The quantitative estimate of drug-likeness (QED) is 0.101. The van der Waals surface area contributed by atoms with E-state index in [1.165, 1.54) is 4.68 Å². The Kier molecular flexibility index (Phi) is 11.0. The van der Waals surface area contributed by atoms with Crippen molar-refractivity contribution >= 4 is 22.4 Å². The van der Waals surface area contributed by atoms with Crippen molar-refractivity contribution in [1.29, 1.82) is 5.26 Å². The summed E-state index contributed by atoms with van der Waals surface area (Å²) in [6.07, 6.45) is 5.60. The number of benzene rings is 3. The Morgan fingerprint density at radius 2 is 1.60 bits per heavy atom. The van der Waals surface area contributed by atoms with E-state index in [1.807, 2.05) is 76.2 Å². The summed E-state index contributed by atoms with van der Waals surface area (Å²) in [5, 5.41) is 23.1. The van der Waals surface area contributed by atoms with Crippen LogP contribution in [0.2, 0.25) is 0 Å². The predicted octanol–water partition coefficient (Wildman–Crippen LogP) is 6.24. The highest BCUT2D eigenvalue weighted by Gasteiger charge is 2.46. The van der Waals surface area contributed by atoms with Crippen molar-refractivity contribution in [2.24, 2.45) is 0 Å². The van der Waals surface area contributed by atoms with Crippen LogP contribution in [-0.2, 0) is 16.0 Å². The zero-order valence-corrected chi connectivity index (χ0v) is 31.8. The molecule has 3 atom stereocenters. The Morgan fingerprint density at radius 1 is 1.00 bits per heavy atom. The summed E-state index contributed by atoms with van der Waals surface area (Å²) in [7, 11) is 0. The number of anilines is 2. The Morgan fingerprint density at radius 3 is 2.18 bits per heavy atom. The Hall–Kier alpha value is -5.97. The number of rotatable bonds is 13. The molecule has 0 aliphatic carbocycles. The summed E-state index contributed by atoms with van der Waals surface area (Å²) in [5.74, 6) is -0.512. The fourth-order valence-electron chi connectivity index (χ4n) is 6.90. The van der Waals surface area contributed by atoms with E-state index in [1.54, 1.807) is 27.8 Å². The molecule has 4 heterocycles. The molecule has 2 saturated heterocycles. The lowest BCUT2D eigenvalue weighted by molar-refractivity contribution is -0.152. The van der Waals surface area contributed by atoms with Gasteiger partial charge in [-0.2, -0.15) is 25.4 Å². The molecule has 5 aromatic rings. The Balaban J connectivity index is 0.947. The van der Waals surface area contributed by atoms with Gasteiger partial charge in [0, 0.05) is 48.7 Å². The summed E-state index contributed by atoms with van der Waals surface area (Å²) in [5.41, 5.74) is 6.37. The van der Waals surface area contributed by atoms with Crippen molar-refractivity contribution in [3.8, 4) is 17.5 Å². The largest absolute Gasteiger partial charge is 0.491 e. The third kappa shape index (κ3) is 7.97. The van der Waals surface area contributed by atoms with E-state index < -0.39 is 5.79 Å². The van der Waals surface area contributed by atoms with E-state index in [0.717, 1.165) is 72.0 Å². The fraction of sp³-hybridized carbons (Fsp3) is 0.357. The van der Waals surface area contributed by atoms with E-state index >= 15 is 0 Å². The normalized spacial score (nSPS) is 19.8. The van der Waals surface area contributed by atoms with Gasteiger partial charge in [0.1, 0.15) is 42.4 Å². The molecule has 13 nitrogen and oxygen atoms in total. The zero-order chi connectivity index (χ0) is 38.5. The third-order valence-corrected chi connectivity index (χ3v) is 10.4. The molecule has 7 rings (SSSR count). The zero-order valence-electron chi connectivity index (χ0n) is 31.8. The lowest BCUT2D eigenvalue weighted by atomic mass is 9.98. The monoisotopic (exact) mass is 741 g/mol. The van der Waals surface area contributed by atoms with Crippen molar-refractivity contribution in [3.63, 3.8) is 0 Å². The molecule has 0 bridgehead atoms. The van der Waals surface area contributed by atoms with Gasteiger partial charge in [-0.05, 0) is 99.5 Å². The van der Waals surface area contributed by atoms with Gasteiger partial charge in [0.15, 0.2) is 0 Å². The number of aromatic nitrogens is 6. The molecule has 55 heavy (non-hydrogen) atoms. The second kappa shape index (κ2) is 16.2. The second-order valence-electron chi connectivity index (χ2n) is 14.0. The average molecular weight is 742 g/mol. The van der Waals surface area contributed by atoms with Crippen molar-refractivity contribution in [2.75, 3.05) is 49.2 Å². The molecule has 0 radical (unpaired) electrons. The number of nitriles is 1. The van der Waals surface area contributed by atoms with Crippen LogP contribution in [0.15, 0.2) is 119 Å². The van der Waals surface area contributed by atoms with Crippen molar-refractivity contribution in [1.82, 2.24) is 29.3 Å². The third-order valence-electron chi connectivity index (χ3n) is 10.4. The molecule has 3 aromatic carbocycles. The number of piperazine rings is 1.